The Hall–Kier alpha value is -1.98. The van der Waals surface area contributed by atoms with E-state index in [1.165, 1.54) is 0 Å². The van der Waals surface area contributed by atoms with Gasteiger partial charge in [-0.3, -0.25) is 4.79 Å². The maximum atomic E-state index is 11.6. The van der Waals surface area contributed by atoms with Gasteiger partial charge in [-0.25, -0.2) is 0 Å². The Morgan fingerprint density at radius 1 is 1.42 bits per heavy atom. The van der Waals surface area contributed by atoms with Crippen molar-refractivity contribution in [2.45, 2.75) is 6.61 Å². The first kappa shape index (κ1) is 13.5. The zero-order valence-electron chi connectivity index (χ0n) is 10.1. The second-order valence-electron chi connectivity index (χ2n) is 3.86. The van der Waals surface area contributed by atoms with Crippen LogP contribution in [0.25, 0.3) is 0 Å². The van der Waals surface area contributed by atoms with E-state index in [1.54, 1.807) is 36.6 Å². The topological polar surface area (TPSA) is 77.5 Å². The summed E-state index contributed by atoms with van der Waals surface area (Å²) in [7, 11) is 0. The van der Waals surface area contributed by atoms with Gasteiger partial charge in [-0.05, 0) is 30.3 Å². The molecule has 100 valence electrons. The van der Waals surface area contributed by atoms with Crippen molar-refractivity contribution in [3.8, 4) is 0 Å². The van der Waals surface area contributed by atoms with Gasteiger partial charge >= 0.3 is 0 Å². The lowest BCUT2D eigenvalue weighted by Gasteiger charge is -2.07. The summed E-state index contributed by atoms with van der Waals surface area (Å²) in [6.45, 7) is 0.187. The molecule has 0 radical (unpaired) electrons. The molecule has 1 amide bonds. The molecule has 1 heterocycles. The second-order valence-corrected chi connectivity index (χ2v) is 4.26. The minimum Gasteiger partial charge on any atom is -0.467 e. The van der Waals surface area contributed by atoms with Crippen LogP contribution in [0, 0.1) is 0 Å². The van der Waals surface area contributed by atoms with Gasteiger partial charge in [0, 0.05) is 5.69 Å². The molecule has 6 heteroatoms. The van der Waals surface area contributed by atoms with Gasteiger partial charge < -0.3 is 20.2 Å². The van der Waals surface area contributed by atoms with Crippen LogP contribution >= 0.6 is 11.6 Å². The van der Waals surface area contributed by atoms with Gasteiger partial charge in [-0.1, -0.05) is 11.6 Å². The number of anilines is 2. The van der Waals surface area contributed by atoms with Crippen molar-refractivity contribution in [1.82, 2.24) is 0 Å². The fourth-order valence-corrected chi connectivity index (χ4v) is 1.58. The number of ether oxygens (including phenoxy) is 1. The van der Waals surface area contributed by atoms with Crippen LogP contribution in [-0.2, 0) is 16.1 Å². The van der Waals surface area contributed by atoms with E-state index in [-0.39, 0.29) is 19.1 Å². The van der Waals surface area contributed by atoms with Crippen molar-refractivity contribution in [2.75, 3.05) is 17.7 Å². The molecule has 19 heavy (non-hydrogen) atoms. The van der Waals surface area contributed by atoms with Gasteiger partial charge in [0.2, 0.25) is 5.91 Å². The Bertz CT molecular complexity index is 555. The molecule has 0 saturated heterocycles. The van der Waals surface area contributed by atoms with Gasteiger partial charge in [0.25, 0.3) is 0 Å². The molecule has 3 N–H and O–H groups in total. The van der Waals surface area contributed by atoms with E-state index in [9.17, 15) is 4.79 Å². The van der Waals surface area contributed by atoms with E-state index in [4.69, 9.17) is 26.5 Å². The molecule has 1 aromatic heterocycles. The molecule has 0 unspecified atom stereocenters. The molecule has 0 aliphatic rings. The monoisotopic (exact) mass is 280 g/mol. The smallest absolute Gasteiger partial charge is 0.250 e. The molecule has 2 rings (SSSR count). The summed E-state index contributed by atoms with van der Waals surface area (Å²) < 4.78 is 10.3. The molecular weight excluding hydrogens is 268 g/mol. The molecular formula is C13H13ClN2O3. The van der Waals surface area contributed by atoms with E-state index in [1.807, 2.05) is 0 Å². The lowest BCUT2D eigenvalue weighted by Crippen LogP contribution is -2.18. The summed E-state index contributed by atoms with van der Waals surface area (Å²) in [5.74, 6) is 0.400. The van der Waals surface area contributed by atoms with Crippen LogP contribution in [0.1, 0.15) is 5.76 Å². The number of amides is 1. The van der Waals surface area contributed by atoms with Gasteiger partial charge in [-0.15, -0.1) is 0 Å². The van der Waals surface area contributed by atoms with Crippen LogP contribution < -0.4 is 11.1 Å². The molecule has 0 bridgehead atoms. The number of rotatable bonds is 5. The molecule has 0 saturated carbocycles. The van der Waals surface area contributed by atoms with Crippen LogP contribution in [0.2, 0.25) is 5.02 Å². The maximum Gasteiger partial charge on any atom is 0.250 e. The van der Waals surface area contributed by atoms with Gasteiger partial charge in [0.15, 0.2) is 0 Å². The van der Waals surface area contributed by atoms with E-state index >= 15 is 0 Å². The number of nitrogen functional groups attached to an aromatic ring is 1. The summed E-state index contributed by atoms with van der Waals surface area (Å²) in [6.07, 6.45) is 1.55. The molecule has 1 aromatic carbocycles. The highest BCUT2D eigenvalue weighted by molar-refractivity contribution is 6.33. The van der Waals surface area contributed by atoms with Crippen molar-refractivity contribution in [1.29, 1.82) is 0 Å². The Morgan fingerprint density at radius 3 is 2.95 bits per heavy atom. The number of nitrogens with two attached hydrogens (primary N) is 1. The molecule has 0 atom stereocenters. The van der Waals surface area contributed by atoms with Crippen molar-refractivity contribution < 1.29 is 13.9 Å². The molecule has 0 spiro atoms. The Labute approximate surface area is 115 Å². The minimum absolute atomic E-state index is 0.0662. The molecule has 2 aromatic rings. The lowest BCUT2D eigenvalue weighted by atomic mass is 10.3. The summed E-state index contributed by atoms with van der Waals surface area (Å²) in [4.78, 5) is 11.6. The third-order valence-electron chi connectivity index (χ3n) is 2.34. The van der Waals surface area contributed by atoms with Crippen molar-refractivity contribution >= 4 is 28.9 Å². The highest BCUT2D eigenvalue weighted by atomic mass is 35.5. The standard InChI is InChI=1S/C13H13ClN2O3/c14-11-4-3-9(6-12(11)15)16-13(17)8-18-7-10-2-1-5-19-10/h1-6H,7-8,15H2,(H,16,17). The lowest BCUT2D eigenvalue weighted by molar-refractivity contribution is -0.121. The fourth-order valence-electron chi connectivity index (χ4n) is 1.46. The molecule has 5 nitrogen and oxygen atoms in total. The predicted molar refractivity (Wildman–Crippen MR) is 72.9 cm³/mol. The third-order valence-corrected chi connectivity index (χ3v) is 2.68. The van der Waals surface area contributed by atoms with Crippen LogP contribution in [0.15, 0.2) is 41.0 Å². The van der Waals surface area contributed by atoms with Gasteiger partial charge in [0.1, 0.15) is 19.0 Å². The number of nitrogens with one attached hydrogen (secondary N) is 1. The average molecular weight is 281 g/mol. The van der Waals surface area contributed by atoms with Crippen LogP contribution in [-0.4, -0.2) is 12.5 Å². The number of benzene rings is 1. The largest absolute Gasteiger partial charge is 0.467 e. The van der Waals surface area contributed by atoms with Gasteiger partial charge in [-0.2, -0.15) is 0 Å². The van der Waals surface area contributed by atoms with Crippen LogP contribution in [0.3, 0.4) is 0 Å². The second kappa shape index (κ2) is 6.26. The average Bonchev–Trinajstić information content (AvgIpc) is 2.87. The SMILES string of the molecule is Nc1cc(NC(=O)COCc2ccco2)ccc1Cl. The fraction of sp³-hybridized carbons (Fsp3) is 0.154. The van der Waals surface area contributed by atoms with Crippen LogP contribution in [0.5, 0.6) is 0 Å². The van der Waals surface area contributed by atoms with E-state index in [0.29, 0.717) is 22.2 Å². The van der Waals surface area contributed by atoms with Crippen molar-refractivity contribution in [3.05, 3.63) is 47.4 Å². The third kappa shape index (κ3) is 4.01. The number of hydrogen-bond donors (Lipinski definition) is 2. The summed E-state index contributed by atoms with van der Waals surface area (Å²) in [5.41, 5.74) is 6.62. The quantitative estimate of drug-likeness (QED) is 0.826. The first-order valence-corrected chi connectivity index (χ1v) is 5.98. The Balaban J connectivity index is 1.79. The van der Waals surface area contributed by atoms with Gasteiger partial charge in [0.05, 0.1) is 17.0 Å². The highest BCUT2D eigenvalue weighted by Gasteiger charge is 2.05. The van der Waals surface area contributed by atoms with E-state index < -0.39 is 0 Å². The number of hydrogen-bond acceptors (Lipinski definition) is 4. The first-order valence-electron chi connectivity index (χ1n) is 5.60. The number of carbonyl (C=O) groups is 1. The molecule has 0 fully saturated rings. The minimum atomic E-state index is -0.270. The molecule has 0 aliphatic heterocycles. The predicted octanol–water partition coefficient (Wildman–Crippen LogP) is 2.67. The normalized spacial score (nSPS) is 10.4. The van der Waals surface area contributed by atoms with E-state index in [2.05, 4.69) is 5.32 Å². The van der Waals surface area contributed by atoms with E-state index in [0.717, 1.165) is 0 Å². The maximum absolute atomic E-state index is 11.6. The number of halogens is 1. The zero-order valence-corrected chi connectivity index (χ0v) is 10.8. The Kier molecular flexibility index (Phi) is 4.43. The Morgan fingerprint density at radius 2 is 2.26 bits per heavy atom. The first-order chi connectivity index (χ1) is 9.15. The van der Waals surface area contributed by atoms with Crippen molar-refractivity contribution in [3.63, 3.8) is 0 Å². The summed E-state index contributed by atoms with van der Waals surface area (Å²) in [5, 5.41) is 3.11. The highest BCUT2D eigenvalue weighted by Crippen LogP contribution is 2.22. The summed E-state index contributed by atoms with van der Waals surface area (Å²) in [6, 6.07) is 8.42. The number of furan rings is 1. The van der Waals surface area contributed by atoms with Crippen molar-refractivity contribution in [2.24, 2.45) is 0 Å². The van der Waals surface area contributed by atoms with Crippen LogP contribution in [0.4, 0.5) is 11.4 Å². The number of carbonyl (C=O) groups excluding carboxylic acids is 1. The zero-order chi connectivity index (χ0) is 13.7. The summed E-state index contributed by atoms with van der Waals surface area (Å²) >= 11 is 5.79. The molecule has 0 aliphatic carbocycles.